The Morgan fingerprint density at radius 1 is 1.00 bits per heavy atom. The number of hydrogen-bond acceptors (Lipinski definition) is 5. The molecule has 0 spiro atoms. The highest BCUT2D eigenvalue weighted by molar-refractivity contribution is 7.10. The molecule has 1 N–H and O–H groups in total. The third-order valence-corrected chi connectivity index (χ3v) is 5.77. The van der Waals surface area contributed by atoms with E-state index in [1.54, 1.807) is 17.5 Å². The van der Waals surface area contributed by atoms with E-state index in [9.17, 15) is 4.79 Å². The number of carbonyl (C=O) groups excluding carboxylic acids is 1. The summed E-state index contributed by atoms with van der Waals surface area (Å²) < 4.78 is 0. The van der Waals surface area contributed by atoms with Crippen LogP contribution in [-0.4, -0.2) is 42.0 Å². The number of aromatic nitrogens is 1. The maximum atomic E-state index is 12.1. The molecule has 144 valence electrons. The molecule has 5 nitrogen and oxygen atoms in total. The number of nitrogens with zero attached hydrogens (tertiary/aromatic N) is 3. The number of anilines is 2. The van der Waals surface area contributed by atoms with Gasteiger partial charge >= 0.3 is 0 Å². The van der Waals surface area contributed by atoms with Gasteiger partial charge in [-0.05, 0) is 29.1 Å². The van der Waals surface area contributed by atoms with Crippen LogP contribution in [-0.2, 0) is 17.8 Å². The molecule has 0 radical (unpaired) electrons. The molecule has 1 aliphatic heterocycles. The van der Waals surface area contributed by atoms with Crippen molar-refractivity contribution in [2.24, 2.45) is 0 Å². The van der Waals surface area contributed by atoms with Gasteiger partial charge in [0.15, 0.2) is 0 Å². The van der Waals surface area contributed by atoms with Gasteiger partial charge in [0, 0.05) is 37.6 Å². The van der Waals surface area contributed by atoms with Crippen molar-refractivity contribution < 1.29 is 4.79 Å². The maximum absolute atomic E-state index is 12.1. The van der Waals surface area contributed by atoms with Crippen LogP contribution in [0.5, 0.6) is 0 Å². The van der Waals surface area contributed by atoms with Crippen LogP contribution in [0.1, 0.15) is 10.4 Å². The van der Waals surface area contributed by atoms with E-state index >= 15 is 0 Å². The number of carbonyl (C=O) groups is 1. The molecule has 0 atom stereocenters. The Bertz CT molecular complexity index is 873. The molecule has 1 aliphatic rings. The van der Waals surface area contributed by atoms with Crippen molar-refractivity contribution >= 4 is 28.7 Å². The molecule has 6 heteroatoms. The van der Waals surface area contributed by atoms with Gasteiger partial charge in [-0.2, -0.15) is 0 Å². The second-order valence-corrected chi connectivity index (χ2v) is 7.99. The normalized spacial score (nSPS) is 14.8. The number of amides is 1. The highest BCUT2D eigenvalue weighted by Crippen LogP contribution is 2.18. The van der Waals surface area contributed by atoms with E-state index in [0.29, 0.717) is 6.42 Å². The van der Waals surface area contributed by atoms with Crippen molar-refractivity contribution in [2.45, 2.75) is 13.0 Å². The molecular formula is C22H24N4OS. The number of nitrogens with one attached hydrogen (secondary N) is 1. The molecule has 4 rings (SSSR count). The van der Waals surface area contributed by atoms with E-state index in [1.807, 2.05) is 29.6 Å². The molecule has 0 aliphatic carbocycles. The van der Waals surface area contributed by atoms with Gasteiger partial charge in [-0.25, -0.2) is 4.98 Å². The predicted octanol–water partition coefficient (Wildman–Crippen LogP) is 3.65. The van der Waals surface area contributed by atoms with Crippen LogP contribution in [0, 0.1) is 0 Å². The number of pyridine rings is 1. The van der Waals surface area contributed by atoms with Crippen LogP contribution < -0.4 is 10.2 Å². The van der Waals surface area contributed by atoms with Crippen molar-refractivity contribution in [3.05, 3.63) is 76.6 Å². The average Bonchev–Trinajstić information content (AvgIpc) is 3.23. The highest BCUT2D eigenvalue weighted by Gasteiger charge is 2.18. The highest BCUT2D eigenvalue weighted by atomic mass is 32.1. The van der Waals surface area contributed by atoms with Crippen LogP contribution in [0.2, 0.25) is 0 Å². The minimum atomic E-state index is -0.00785. The first-order chi connectivity index (χ1) is 13.8. The van der Waals surface area contributed by atoms with Gasteiger partial charge in [0.25, 0.3) is 0 Å². The third kappa shape index (κ3) is 4.97. The van der Waals surface area contributed by atoms with Crippen molar-refractivity contribution in [2.75, 3.05) is 36.4 Å². The first kappa shape index (κ1) is 18.7. The van der Waals surface area contributed by atoms with E-state index < -0.39 is 0 Å². The average molecular weight is 393 g/mol. The molecule has 3 heterocycles. The molecule has 0 bridgehead atoms. The summed E-state index contributed by atoms with van der Waals surface area (Å²) in [6.45, 7) is 4.97. The van der Waals surface area contributed by atoms with Gasteiger partial charge in [-0.3, -0.25) is 9.69 Å². The lowest BCUT2D eigenvalue weighted by atomic mass is 10.2. The summed E-state index contributed by atoms with van der Waals surface area (Å²) >= 11 is 1.60. The second kappa shape index (κ2) is 8.99. The Hall–Kier alpha value is -2.70. The van der Waals surface area contributed by atoms with Crippen molar-refractivity contribution in [3.63, 3.8) is 0 Å². The summed E-state index contributed by atoms with van der Waals surface area (Å²) in [7, 11) is 0. The number of rotatable bonds is 6. The summed E-state index contributed by atoms with van der Waals surface area (Å²) in [6, 6.07) is 18.5. The number of benzene rings is 1. The van der Waals surface area contributed by atoms with Crippen LogP contribution >= 0.6 is 11.3 Å². The Kier molecular flexibility index (Phi) is 5.99. The quantitative estimate of drug-likeness (QED) is 0.696. The summed E-state index contributed by atoms with van der Waals surface area (Å²) in [5.41, 5.74) is 2.10. The van der Waals surface area contributed by atoms with Crippen molar-refractivity contribution in [1.29, 1.82) is 0 Å². The molecule has 3 aromatic rings. The number of thiophene rings is 1. The Labute approximate surface area is 169 Å². The number of piperazine rings is 1. The molecule has 0 saturated carbocycles. The van der Waals surface area contributed by atoms with Crippen LogP contribution in [0.3, 0.4) is 0 Å². The minimum Gasteiger partial charge on any atom is -0.354 e. The van der Waals surface area contributed by atoms with E-state index in [-0.39, 0.29) is 5.91 Å². The minimum absolute atomic E-state index is 0.00785. The van der Waals surface area contributed by atoms with Crippen LogP contribution in [0.15, 0.2) is 66.2 Å². The molecule has 28 heavy (non-hydrogen) atoms. The lowest BCUT2D eigenvalue weighted by molar-refractivity contribution is -0.115. The molecule has 0 unspecified atom stereocenters. The molecular weight excluding hydrogens is 368 g/mol. The second-order valence-electron chi connectivity index (χ2n) is 6.96. The lowest BCUT2D eigenvalue weighted by Crippen LogP contribution is -2.46. The Balaban J connectivity index is 1.27. The SMILES string of the molecule is O=C(Cc1cccs1)Nc1ccc(N2CCN(Cc3ccccc3)CC2)nc1. The van der Waals surface area contributed by atoms with Crippen LogP contribution in [0.25, 0.3) is 0 Å². The van der Waals surface area contributed by atoms with E-state index in [2.05, 4.69) is 50.4 Å². The van der Waals surface area contributed by atoms with Crippen LogP contribution in [0.4, 0.5) is 11.5 Å². The van der Waals surface area contributed by atoms with Gasteiger partial charge in [-0.15, -0.1) is 11.3 Å². The first-order valence-corrected chi connectivity index (χ1v) is 10.4. The topological polar surface area (TPSA) is 48.5 Å². The van der Waals surface area contributed by atoms with Gasteiger partial charge in [0.2, 0.25) is 5.91 Å². The van der Waals surface area contributed by atoms with Gasteiger partial charge in [-0.1, -0.05) is 36.4 Å². The summed E-state index contributed by atoms with van der Waals surface area (Å²) in [4.78, 5) is 22.5. The van der Waals surface area contributed by atoms with Gasteiger partial charge in [0.05, 0.1) is 18.3 Å². The molecule has 1 amide bonds. The fourth-order valence-electron chi connectivity index (χ4n) is 3.40. The number of hydrogen-bond donors (Lipinski definition) is 1. The Morgan fingerprint density at radius 3 is 2.50 bits per heavy atom. The standard InChI is InChI=1S/C22H24N4OS/c27-22(15-20-7-4-14-28-20)24-19-8-9-21(23-16-19)26-12-10-25(11-13-26)17-18-5-2-1-3-6-18/h1-9,14,16H,10-13,15,17H2,(H,24,27). The zero-order chi connectivity index (χ0) is 19.2. The van der Waals surface area contributed by atoms with E-state index in [4.69, 9.17) is 0 Å². The third-order valence-electron chi connectivity index (χ3n) is 4.89. The lowest BCUT2D eigenvalue weighted by Gasteiger charge is -2.35. The Morgan fingerprint density at radius 2 is 1.82 bits per heavy atom. The summed E-state index contributed by atoms with van der Waals surface area (Å²) in [5, 5.41) is 4.91. The van der Waals surface area contributed by atoms with Crippen molar-refractivity contribution in [1.82, 2.24) is 9.88 Å². The van der Waals surface area contributed by atoms with E-state index in [1.165, 1.54) is 5.56 Å². The zero-order valence-corrected chi connectivity index (χ0v) is 16.6. The molecule has 1 fully saturated rings. The maximum Gasteiger partial charge on any atom is 0.229 e. The van der Waals surface area contributed by atoms with Crippen molar-refractivity contribution in [3.8, 4) is 0 Å². The van der Waals surface area contributed by atoms with Gasteiger partial charge in [0.1, 0.15) is 5.82 Å². The zero-order valence-electron chi connectivity index (χ0n) is 15.8. The predicted molar refractivity (Wildman–Crippen MR) is 115 cm³/mol. The van der Waals surface area contributed by atoms with Gasteiger partial charge < -0.3 is 10.2 Å². The monoisotopic (exact) mass is 392 g/mol. The smallest absolute Gasteiger partial charge is 0.229 e. The first-order valence-electron chi connectivity index (χ1n) is 9.56. The summed E-state index contributed by atoms with van der Waals surface area (Å²) in [5.74, 6) is 0.960. The molecule has 1 aromatic carbocycles. The molecule has 2 aromatic heterocycles. The van der Waals surface area contributed by atoms with E-state index in [0.717, 1.165) is 49.1 Å². The fraction of sp³-hybridized carbons (Fsp3) is 0.273. The largest absolute Gasteiger partial charge is 0.354 e. The summed E-state index contributed by atoms with van der Waals surface area (Å²) in [6.07, 6.45) is 2.15. The fourth-order valence-corrected chi connectivity index (χ4v) is 4.10. The molecule has 1 saturated heterocycles.